The number of benzene rings is 4. The molecule has 2 aromatic heterocycles. The van der Waals surface area contributed by atoms with Gasteiger partial charge in [-0.25, -0.2) is 26.4 Å². The quantitative estimate of drug-likeness (QED) is 0.107. The normalized spacial score (nSPS) is 14.8. The molecule has 2 atom stereocenters. The van der Waals surface area contributed by atoms with Gasteiger partial charge in [0.25, 0.3) is 0 Å². The summed E-state index contributed by atoms with van der Waals surface area (Å²) >= 11 is 2.97. The van der Waals surface area contributed by atoms with Crippen molar-refractivity contribution in [2.45, 2.75) is 49.0 Å². The molecule has 3 N–H and O–H groups in total. The zero-order valence-electron chi connectivity index (χ0n) is 28.4. The molecule has 6 rings (SSSR count). The number of rotatable bonds is 13. The van der Waals surface area contributed by atoms with Gasteiger partial charge < -0.3 is 9.84 Å². The summed E-state index contributed by atoms with van der Waals surface area (Å²) in [5.74, 6) is -4.55. The molecule has 0 aliphatic carbocycles. The van der Waals surface area contributed by atoms with Crippen molar-refractivity contribution in [1.29, 1.82) is 0 Å². The van der Waals surface area contributed by atoms with Gasteiger partial charge in [0.1, 0.15) is 5.60 Å². The summed E-state index contributed by atoms with van der Waals surface area (Å²) in [6, 6.07) is 28.4. The fourth-order valence-corrected chi connectivity index (χ4v) is 10.8. The second-order valence-electron chi connectivity index (χ2n) is 13.3. The van der Waals surface area contributed by atoms with Gasteiger partial charge in [0.2, 0.25) is 20.0 Å². The highest BCUT2D eigenvalue weighted by Crippen LogP contribution is 2.45. The molecular formula is C38H36N2O8S4. The fraction of sp³-hybridized carbons (Fsp3) is 0.211. The SMILES string of the molecule is CC(C)(C)OC(=O)[C@](NS(=O)(=O)Cc1ccc2sccc2c1)(c1ccccc1)[C@@](NS(=O)(=O)Cc1ccc2sccc2c1)(C(=O)O)c1ccccc1. The third-order valence-corrected chi connectivity index (χ3v) is 12.8. The van der Waals surface area contributed by atoms with Crippen LogP contribution in [-0.4, -0.2) is 39.5 Å². The van der Waals surface area contributed by atoms with Gasteiger partial charge >= 0.3 is 11.9 Å². The van der Waals surface area contributed by atoms with E-state index in [0.29, 0.717) is 11.1 Å². The van der Waals surface area contributed by atoms with Crippen LogP contribution in [-0.2, 0) is 57.0 Å². The Morgan fingerprint density at radius 3 is 1.48 bits per heavy atom. The van der Waals surface area contributed by atoms with Crippen molar-refractivity contribution < 1.29 is 36.3 Å². The zero-order chi connectivity index (χ0) is 37.4. The molecule has 0 amide bonds. The Balaban J connectivity index is 1.61. The van der Waals surface area contributed by atoms with Gasteiger partial charge in [-0.3, -0.25) is 0 Å². The molecule has 4 aromatic carbocycles. The summed E-state index contributed by atoms with van der Waals surface area (Å²) < 4.78 is 70.4. The lowest BCUT2D eigenvalue weighted by molar-refractivity contribution is -0.173. The van der Waals surface area contributed by atoms with E-state index in [4.69, 9.17) is 4.74 Å². The first-order chi connectivity index (χ1) is 24.5. The van der Waals surface area contributed by atoms with Gasteiger partial charge in [0.05, 0.1) is 11.5 Å². The van der Waals surface area contributed by atoms with E-state index >= 15 is 0 Å². The van der Waals surface area contributed by atoms with Crippen LogP contribution in [0.3, 0.4) is 0 Å². The Kier molecular flexibility index (Phi) is 10.2. The van der Waals surface area contributed by atoms with Gasteiger partial charge in [-0.1, -0.05) is 72.8 Å². The van der Waals surface area contributed by atoms with E-state index in [9.17, 15) is 31.5 Å². The number of fused-ring (bicyclic) bond motifs is 2. The second kappa shape index (κ2) is 14.2. The molecule has 10 nitrogen and oxygen atoms in total. The van der Waals surface area contributed by atoms with Crippen LogP contribution in [0.4, 0.5) is 0 Å². The van der Waals surface area contributed by atoms with Gasteiger partial charge in [-0.2, -0.15) is 9.44 Å². The number of carbonyl (C=O) groups is 2. The van der Waals surface area contributed by atoms with E-state index in [1.165, 1.54) is 71.2 Å². The third-order valence-electron chi connectivity index (χ3n) is 8.37. The van der Waals surface area contributed by atoms with Crippen molar-refractivity contribution in [3.63, 3.8) is 0 Å². The number of carboxylic acid groups (broad SMARTS) is 1. The molecule has 6 aromatic rings. The minimum Gasteiger partial charge on any atom is -0.480 e. The van der Waals surface area contributed by atoms with Crippen LogP contribution in [0.5, 0.6) is 0 Å². The Morgan fingerprint density at radius 2 is 1.06 bits per heavy atom. The van der Waals surface area contributed by atoms with Gasteiger partial charge in [-0.05, 0) is 101 Å². The number of thiophene rings is 2. The van der Waals surface area contributed by atoms with Crippen molar-refractivity contribution in [3.05, 3.63) is 142 Å². The highest BCUT2D eigenvalue weighted by Gasteiger charge is 2.68. The van der Waals surface area contributed by atoms with Crippen molar-refractivity contribution in [2.24, 2.45) is 0 Å². The van der Waals surface area contributed by atoms with Gasteiger partial charge in [0.15, 0.2) is 11.1 Å². The lowest BCUT2D eigenvalue weighted by atomic mass is 9.69. The largest absolute Gasteiger partial charge is 0.480 e. The van der Waals surface area contributed by atoms with Crippen LogP contribution < -0.4 is 9.44 Å². The van der Waals surface area contributed by atoms with Crippen molar-refractivity contribution in [1.82, 2.24) is 9.44 Å². The monoisotopic (exact) mass is 776 g/mol. The number of ether oxygens (including phenoxy) is 1. The van der Waals surface area contributed by atoms with E-state index in [2.05, 4.69) is 9.44 Å². The Morgan fingerprint density at radius 1 is 0.635 bits per heavy atom. The van der Waals surface area contributed by atoms with Crippen LogP contribution in [0.1, 0.15) is 43.0 Å². The number of hydrogen-bond acceptors (Lipinski definition) is 9. The first-order valence-corrected chi connectivity index (χ1v) is 21.1. The highest BCUT2D eigenvalue weighted by molar-refractivity contribution is 7.89. The number of carbonyl (C=O) groups excluding carboxylic acids is 1. The molecular weight excluding hydrogens is 741 g/mol. The topological polar surface area (TPSA) is 156 Å². The minimum absolute atomic E-state index is 0.172. The van der Waals surface area contributed by atoms with Crippen LogP contribution >= 0.6 is 22.7 Å². The predicted molar refractivity (Wildman–Crippen MR) is 205 cm³/mol. The lowest BCUT2D eigenvalue weighted by Crippen LogP contribution is -2.74. The Labute approximate surface area is 310 Å². The smallest absolute Gasteiger partial charge is 0.335 e. The maximum Gasteiger partial charge on any atom is 0.335 e. The molecule has 0 bridgehead atoms. The molecule has 0 unspecified atom stereocenters. The van der Waals surface area contributed by atoms with E-state index in [1.54, 1.807) is 69.3 Å². The minimum atomic E-state index is -4.71. The molecule has 0 radical (unpaired) electrons. The first kappa shape index (κ1) is 37.3. The number of esters is 1. The first-order valence-electron chi connectivity index (χ1n) is 16.1. The fourth-order valence-electron chi connectivity index (χ4n) is 6.26. The Bertz CT molecular complexity index is 2470. The molecule has 0 saturated carbocycles. The predicted octanol–water partition coefficient (Wildman–Crippen LogP) is 6.87. The van der Waals surface area contributed by atoms with Crippen molar-refractivity contribution >= 4 is 74.8 Å². The summed E-state index contributed by atoms with van der Waals surface area (Å²) in [6.45, 7) is 4.63. The maximum absolute atomic E-state index is 15.0. The molecule has 0 aliphatic rings. The van der Waals surface area contributed by atoms with Crippen LogP contribution in [0.25, 0.3) is 20.2 Å². The van der Waals surface area contributed by atoms with Crippen LogP contribution in [0.2, 0.25) is 0 Å². The highest BCUT2D eigenvalue weighted by atomic mass is 32.2. The van der Waals surface area contributed by atoms with Gasteiger partial charge in [0, 0.05) is 9.40 Å². The number of aliphatic carboxylic acids is 1. The molecule has 14 heteroatoms. The van der Waals surface area contributed by atoms with E-state index < -0.39 is 60.2 Å². The maximum atomic E-state index is 15.0. The molecule has 0 spiro atoms. The zero-order valence-corrected chi connectivity index (χ0v) is 31.7. The second-order valence-corrected chi connectivity index (χ2v) is 18.7. The molecule has 270 valence electrons. The van der Waals surface area contributed by atoms with Gasteiger partial charge in [-0.15, -0.1) is 22.7 Å². The molecule has 0 fully saturated rings. The number of carboxylic acids is 1. The third kappa shape index (κ3) is 7.54. The molecule has 0 saturated heterocycles. The summed E-state index contributed by atoms with van der Waals surface area (Å²) in [4.78, 5) is 29.2. The molecule has 2 heterocycles. The standard InChI is InChI=1S/C38H36N2O8S4/c1-36(2,3)48-35(43)38(31-12-8-5-9-13-31,40-52(46,47)25-27-15-17-33-29(23-27)19-21-50-33)37(34(41)42,30-10-6-4-7-11-30)39-51(44,45)24-26-14-16-32-28(22-26)18-20-49-32/h4-23,39-40H,24-25H2,1-3H3,(H,41,42)/t37-,38+/m0/s1. The van der Waals surface area contributed by atoms with E-state index in [0.717, 1.165) is 20.2 Å². The summed E-state index contributed by atoms with van der Waals surface area (Å²) in [5, 5.41) is 16.8. The number of nitrogens with one attached hydrogen (secondary N) is 2. The average Bonchev–Trinajstić information content (AvgIpc) is 3.75. The van der Waals surface area contributed by atoms with E-state index in [1.807, 2.05) is 22.9 Å². The lowest BCUT2D eigenvalue weighted by Gasteiger charge is -2.47. The summed E-state index contributed by atoms with van der Waals surface area (Å²) in [6.07, 6.45) is 0. The van der Waals surface area contributed by atoms with E-state index in [-0.39, 0.29) is 11.1 Å². The van der Waals surface area contributed by atoms with Crippen molar-refractivity contribution in [3.8, 4) is 0 Å². The molecule has 0 aliphatic heterocycles. The summed E-state index contributed by atoms with van der Waals surface area (Å²) in [7, 11) is -9.40. The molecule has 52 heavy (non-hydrogen) atoms. The Hall–Kier alpha value is -4.44. The number of hydrogen-bond donors (Lipinski definition) is 3. The number of sulfonamides is 2. The van der Waals surface area contributed by atoms with Crippen LogP contribution in [0, 0.1) is 0 Å². The average molecular weight is 777 g/mol. The summed E-state index contributed by atoms with van der Waals surface area (Å²) in [5.41, 5.74) is -6.97. The van der Waals surface area contributed by atoms with Crippen LogP contribution in [0.15, 0.2) is 120 Å². The van der Waals surface area contributed by atoms with Crippen molar-refractivity contribution in [2.75, 3.05) is 0 Å².